The van der Waals surface area contributed by atoms with Gasteiger partial charge in [-0.2, -0.15) is 0 Å². The van der Waals surface area contributed by atoms with Crippen molar-refractivity contribution in [2.75, 3.05) is 13.7 Å². The van der Waals surface area contributed by atoms with E-state index in [0.29, 0.717) is 11.5 Å². The molecule has 3 rings (SSSR count). The molecule has 0 aromatic heterocycles. The lowest BCUT2D eigenvalue weighted by atomic mass is 10.1. The van der Waals surface area contributed by atoms with Gasteiger partial charge < -0.3 is 9.47 Å². The van der Waals surface area contributed by atoms with Crippen LogP contribution in [0.15, 0.2) is 47.4 Å². The number of esters is 1. The molecular formula is C19H21NO5S. The Morgan fingerprint density at radius 1 is 1.04 bits per heavy atom. The number of aryl methyl sites for hydroxylation is 2. The molecule has 0 atom stereocenters. The summed E-state index contributed by atoms with van der Waals surface area (Å²) in [5.74, 6) is 0.607. The summed E-state index contributed by atoms with van der Waals surface area (Å²) in [7, 11) is -2.17. The molecule has 2 aromatic rings. The van der Waals surface area contributed by atoms with E-state index in [1.54, 1.807) is 18.2 Å². The number of nitrogens with one attached hydrogen (secondary N) is 1. The predicted octanol–water partition coefficient (Wildman–Crippen LogP) is 2.46. The zero-order valence-corrected chi connectivity index (χ0v) is 15.3. The van der Waals surface area contributed by atoms with E-state index in [1.807, 2.05) is 12.1 Å². The van der Waals surface area contributed by atoms with Gasteiger partial charge in [0.1, 0.15) is 11.5 Å². The van der Waals surface area contributed by atoms with Gasteiger partial charge in [0.05, 0.1) is 18.4 Å². The number of carbonyl (C=O) groups excluding carboxylic acids is 1. The van der Waals surface area contributed by atoms with Crippen molar-refractivity contribution >= 4 is 16.0 Å². The van der Waals surface area contributed by atoms with Crippen molar-refractivity contribution in [3.05, 3.63) is 53.6 Å². The van der Waals surface area contributed by atoms with Crippen LogP contribution in [-0.2, 0) is 27.7 Å². The number of fused-ring (bicyclic) bond motifs is 1. The molecule has 0 unspecified atom stereocenters. The lowest BCUT2D eigenvalue weighted by Crippen LogP contribution is -2.27. The third kappa shape index (κ3) is 4.42. The van der Waals surface area contributed by atoms with Crippen LogP contribution in [0.1, 0.15) is 24.0 Å². The third-order valence-corrected chi connectivity index (χ3v) is 5.77. The Labute approximate surface area is 153 Å². The maximum absolute atomic E-state index is 12.2. The molecule has 0 amide bonds. The maximum atomic E-state index is 12.2. The van der Waals surface area contributed by atoms with Crippen LogP contribution >= 0.6 is 0 Å². The second kappa shape index (κ2) is 7.88. The highest BCUT2D eigenvalue weighted by atomic mass is 32.2. The Kier molecular flexibility index (Phi) is 5.58. The SMILES string of the molecule is COc1ccc(S(=O)(=O)NCCC(=O)Oc2ccc3c(c2)CCC3)cc1. The fraction of sp³-hybridized carbons (Fsp3) is 0.316. The number of benzene rings is 2. The molecule has 1 aliphatic carbocycles. The molecule has 1 N–H and O–H groups in total. The van der Waals surface area contributed by atoms with Crippen molar-refractivity contribution in [1.29, 1.82) is 0 Å². The molecule has 0 spiro atoms. The Morgan fingerprint density at radius 3 is 2.46 bits per heavy atom. The first-order valence-electron chi connectivity index (χ1n) is 8.44. The summed E-state index contributed by atoms with van der Waals surface area (Å²) < 4.78 is 37.1. The van der Waals surface area contributed by atoms with E-state index < -0.39 is 16.0 Å². The smallest absolute Gasteiger partial charge is 0.312 e. The highest BCUT2D eigenvalue weighted by molar-refractivity contribution is 7.89. The van der Waals surface area contributed by atoms with Crippen LogP contribution in [0, 0.1) is 0 Å². The normalized spacial score (nSPS) is 13.3. The summed E-state index contributed by atoms with van der Waals surface area (Å²) in [6, 6.07) is 11.7. The molecule has 6 nitrogen and oxygen atoms in total. The summed E-state index contributed by atoms with van der Waals surface area (Å²) in [5, 5.41) is 0. The van der Waals surface area contributed by atoms with E-state index in [-0.39, 0.29) is 17.9 Å². The molecule has 0 fully saturated rings. The van der Waals surface area contributed by atoms with Crippen LogP contribution in [-0.4, -0.2) is 28.0 Å². The van der Waals surface area contributed by atoms with Crippen LogP contribution in [0.25, 0.3) is 0 Å². The van der Waals surface area contributed by atoms with Crippen LogP contribution < -0.4 is 14.2 Å². The van der Waals surface area contributed by atoms with Crippen LogP contribution in [0.2, 0.25) is 0 Å². The van der Waals surface area contributed by atoms with Gasteiger partial charge in [0.2, 0.25) is 10.0 Å². The molecule has 138 valence electrons. The summed E-state index contributed by atoms with van der Waals surface area (Å²) in [6.45, 7) is -0.0296. The zero-order valence-electron chi connectivity index (χ0n) is 14.5. The van der Waals surface area contributed by atoms with Gasteiger partial charge in [-0.25, -0.2) is 13.1 Å². The van der Waals surface area contributed by atoms with E-state index in [0.717, 1.165) is 19.3 Å². The van der Waals surface area contributed by atoms with Crippen LogP contribution in [0.4, 0.5) is 0 Å². The number of hydrogen-bond donors (Lipinski definition) is 1. The molecule has 26 heavy (non-hydrogen) atoms. The minimum atomic E-state index is -3.68. The molecular weight excluding hydrogens is 354 g/mol. The first kappa shape index (κ1) is 18.4. The molecule has 0 saturated carbocycles. The van der Waals surface area contributed by atoms with E-state index >= 15 is 0 Å². The first-order valence-corrected chi connectivity index (χ1v) is 9.92. The van der Waals surface area contributed by atoms with Gasteiger partial charge >= 0.3 is 5.97 Å². The number of hydrogen-bond acceptors (Lipinski definition) is 5. The van der Waals surface area contributed by atoms with Crippen molar-refractivity contribution in [3.63, 3.8) is 0 Å². The molecule has 0 saturated heterocycles. The molecule has 1 aliphatic rings. The standard InChI is InChI=1S/C19H21NO5S/c1-24-16-7-9-18(10-8-16)26(22,23)20-12-11-19(21)25-17-6-5-14-3-2-4-15(14)13-17/h5-10,13,20H,2-4,11-12H2,1H3. The van der Waals surface area contributed by atoms with E-state index in [2.05, 4.69) is 4.72 Å². The fourth-order valence-corrected chi connectivity index (χ4v) is 3.95. The molecule has 0 radical (unpaired) electrons. The summed E-state index contributed by atoms with van der Waals surface area (Å²) in [4.78, 5) is 12.1. The fourth-order valence-electron chi connectivity index (χ4n) is 2.92. The largest absolute Gasteiger partial charge is 0.497 e. The topological polar surface area (TPSA) is 81.7 Å². The van der Waals surface area contributed by atoms with Gasteiger partial charge in [-0.1, -0.05) is 6.07 Å². The van der Waals surface area contributed by atoms with Gasteiger partial charge in [-0.15, -0.1) is 0 Å². The second-order valence-electron chi connectivity index (χ2n) is 6.08. The number of sulfonamides is 1. The Bertz CT molecular complexity index is 891. The van der Waals surface area contributed by atoms with Crippen molar-refractivity contribution < 1.29 is 22.7 Å². The Hall–Kier alpha value is -2.38. The zero-order chi connectivity index (χ0) is 18.6. The number of ether oxygens (including phenoxy) is 2. The average Bonchev–Trinajstić information content (AvgIpc) is 3.09. The van der Waals surface area contributed by atoms with Crippen molar-refractivity contribution in [2.24, 2.45) is 0 Å². The Balaban J connectivity index is 1.51. The predicted molar refractivity (Wildman–Crippen MR) is 96.9 cm³/mol. The van der Waals surface area contributed by atoms with Crippen molar-refractivity contribution in [2.45, 2.75) is 30.6 Å². The minimum Gasteiger partial charge on any atom is -0.497 e. The van der Waals surface area contributed by atoms with Crippen LogP contribution in [0.3, 0.4) is 0 Å². The van der Waals surface area contributed by atoms with E-state index in [9.17, 15) is 13.2 Å². The third-order valence-electron chi connectivity index (χ3n) is 4.29. The van der Waals surface area contributed by atoms with Gasteiger partial charge in [0.25, 0.3) is 0 Å². The molecule has 0 aliphatic heterocycles. The van der Waals surface area contributed by atoms with E-state index in [4.69, 9.17) is 9.47 Å². The van der Waals surface area contributed by atoms with Crippen LogP contribution in [0.5, 0.6) is 11.5 Å². The summed E-state index contributed by atoms with van der Waals surface area (Å²) in [5.41, 5.74) is 2.52. The monoisotopic (exact) mass is 375 g/mol. The highest BCUT2D eigenvalue weighted by Gasteiger charge is 2.16. The van der Waals surface area contributed by atoms with Gasteiger partial charge in [0.15, 0.2) is 0 Å². The minimum absolute atomic E-state index is 0.0296. The van der Waals surface area contributed by atoms with Gasteiger partial charge in [0, 0.05) is 6.54 Å². The van der Waals surface area contributed by atoms with Crippen molar-refractivity contribution in [3.8, 4) is 11.5 Å². The van der Waals surface area contributed by atoms with Crippen molar-refractivity contribution in [1.82, 2.24) is 4.72 Å². The molecule has 0 bridgehead atoms. The number of methoxy groups -OCH3 is 1. The summed E-state index contributed by atoms with van der Waals surface area (Å²) in [6.07, 6.45) is 3.14. The molecule has 2 aromatic carbocycles. The second-order valence-corrected chi connectivity index (χ2v) is 7.85. The number of carbonyl (C=O) groups is 1. The summed E-state index contributed by atoms with van der Waals surface area (Å²) >= 11 is 0. The highest BCUT2D eigenvalue weighted by Crippen LogP contribution is 2.26. The quantitative estimate of drug-likeness (QED) is 0.594. The molecule has 7 heteroatoms. The maximum Gasteiger partial charge on any atom is 0.312 e. The number of rotatable bonds is 7. The lowest BCUT2D eigenvalue weighted by Gasteiger charge is -2.08. The first-order chi connectivity index (χ1) is 12.5. The Morgan fingerprint density at radius 2 is 1.73 bits per heavy atom. The average molecular weight is 375 g/mol. The molecule has 0 heterocycles. The van der Waals surface area contributed by atoms with E-state index in [1.165, 1.54) is 30.4 Å². The van der Waals surface area contributed by atoms with Gasteiger partial charge in [-0.05, 0) is 66.8 Å². The van der Waals surface area contributed by atoms with Gasteiger partial charge in [-0.3, -0.25) is 4.79 Å². The lowest BCUT2D eigenvalue weighted by molar-refractivity contribution is -0.134.